The van der Waals surface area contributed by atoms with Gasteiger partial charge in [-0.05, 0) is 18.9 Å². The van der Waals surface area contributed by atoms with Gasteiger partial charge in [-0.2, -0.15) is 0 Å². The molecular weight excluding hydrogens is 302 g/mol. The third-order valence-electron chi connectivity index (χ3n) is 3.89. The third kappa shape index (κ3) is 3.76. The average molecular weight is 322 g/mol. The second-order valence-electron chi connectivity index (χ2n) is 5.57. The summed E-state index contributed by atoms with van der Waals surface area (Å²) in [6.45, 7) is 6.55. The molecule has 1 aromatic carbocycles. The number of nitrogens with zero attached hydrogens (tertiary/aromatic N) is 3. The van der Waals surface area contributed by atoms with E-state index in [1.807, 2.05) is 5.38 Å². The highest BCUT2D eigenvalue weighted by Crippen LogP contribution is 2.26. The average Bonchev–Trinajstić information content (AvgIpc) is 2.81. The Kier molecular flexibility index (Phi) is 4.78. The summed E-state index contributed by atoms with van der Waals surface area (Å²) in [5.41, 5.74) is 1.38. The lowest BCUT2D eigenvalue weighted by atomic mass is 10.2. The van der Waals surface area contributed by atoms with Gasteiger partial charge in [-0.25, -0.2) is 4.98 Å². The van der Waals surface area contributed by atoms with Crippen LogP contribution in [0.15, 0.2) is 35.7 Å². The van der Waals surface area contributed by atoms with Crippen LogP contribution in [-0.4, -0.2) is 35.6 Å². The van der Waals surface area contributed by atoms with Crippen molar-refractivity contribution in [3.63, 3.8) is 0 Å². The topological polar surface area (TPSA) is 19.4 Å². The molecule has 3 rings (SSSR count). The minimum Gasteiger partial charge on any atom is -0.344 e. The van der Waals surface area contributed by atoms with Crippen LogP contribution in [0.1, 0.15) is 18.9 Å². The first kappa shape index (κ1) is 14.8. The van der Waals surface area contributed by atoms with Crippen LogP contribution in [0.25, 0.3) is 0 Å². The summed E-state index contributed by atoms with van der Waals surface area (Å²) in [6.07, 6.45) is 1.16. The molecule has 0 spiro atoms. The predicted molar refractivity (Wildman–Crippen MR) is 90.3 cm³/mol. The van der Waals surface area contributed by atoms with Crippen LogP contribution >= 0.6 is 22.9 Å². The molecule has 0 N–H and O–H groups in total. The largest absolute Gasteiger partial charge is 0.344 e. The number of benzene rings is 1. The van der Waals surface area contributed by atoms with Crippen LogP contribution in [0.4, 0.5) is 5.13 Å². The number of anilines is 1. The summed E-state index contributed by atoms with van der Waals surface area (Å²) in [6, 6.07) is 11.2. The molecule has 0 aliphatic carbocycles. The lowest BCUT2D eigenvalue weighted by Gasteiger charge is -2.28. The standard InChI is InChI=1S/C16H20ClN3S/c1-13-10-19(11-14-6-3-2-4-7-14)8-5-9-20(13)16-18-15(17)12-21-16/h2-4,6-7,12-13H,5,8-11H2,1H3. The highest BCUT2D eigenvalue weighted by Gasteiger charge is 2.23. The summed E-state index contributed by atoms with van der Waals surface area (Å²) in [7, 11) is 0. The molecule has 0 amide bonds. The molecule has 21 heavy (non-hydrogen) atoms. The normalized spacial score (nSPS) is 20.5. The monoisotopic (exact) mass is 321 g/mol. The van der Waals surface area contributed by atoms with Crippen LogP contribution in [0.2, 0.25) is 5.15 Å². The van der Waals surface area contributed by atoms with Gasteiger partial charge in [-0.15, -0.1) is 11.3 Å². The van der Waals surface area contributed by atoms with Gasteiger partial charge in [0.15, 0.2) is 5.13 Å². The van der Waals surface area contributed by atoms with E-state index in [1.54, 1.807) is 11.3 Å². The first-order valence-corrected chi connectivity index (χ1v) is 8.62. The summed E-state index contributed by atoms with van der Waals surface area (Å²) >= 11 is 7.60. The maximum Gasteiger partial charge on any atom is 0.187 e. The van der Waals surface area contributed by atoms with Crippen LogP contribution in [-0.2, 0) is 6.54 Å². The Morgan fingerprint density at radius 2 is 2.10 bits per heavy atom. The number of hydrogen-bond acceptors (Lipinski definition) is 4. The van der Waals surface area contributed by atoms with E-state index < -0.39 is 0 Å². The summed E-state index contributed by atoms with van der Waals surface area (Å²) in [5, 5.41) is 3.57. The van der Waals surface area contributed by atoms with Crippen molar-refractivity contribution in [2.75, 3.05) is 24.5 Å². The summed E-state index contributed by atoms with van der Waals surface area (Å²) in [5.74, 6) is 0. The second kappa shape index (κ2) is 6.77. The zero-order valence-corrected chi connectivity index (χ0v) is 13.8. The molecule has 112 valence electrons. The highest BCUT2D eigenvalue weighted by atomic mass is 35.5. The number of thiazole rings is 1. The molecule has 3 nitrogen and oxygen atoms in total. The Labute approximate surface area is 135 Å². The Morgan fingerprint density at radius 1 is 1.29 bits per heavy atom. The van der Waals surface area contributed by atoms with Crippen molar-refractivity contribution in [3.8, 4) is 0 Å². The molecule has 1 aliphatic heterocycles. The van der Waals surface area contributed by atoms with E-state index in [-0.39, 0.29) is 0 Å². The predicted octanol–water partition coefficient (Wildman–Crippen LogP) is 3.90. The van der Waals surface area contributed by atoms with Gasteiger partial charge in [-0.1, -0.05) is 41.9 Å². The van der Waals surface area contributed by atoms with Crippen LogP contribution < -0.4 is 4.90 Å². The highest BCUT2D eigenvalue weighted by molar-refractivity contribution is 7.14. The smallest absolute Gasteiger partial charge is 0.187 e. The van der Waals surface area contributed by atoms with E-state index >= 15 is 0 Å². The van der Waals surface area contributed by atoms with Crippen molar-refractivity contribution in [2.24, 2.45) is 0 Å². The molecule has 0 bridgehead atoms. The summed E-state index contributed by atoms with van der Waals surface area (Å²) in [4.78, 5) is 9.35. The van der Waals surface area contributed by atoms with Gasteiger partial charge >= 0.3 is 0 Å². The van der Waals surface area contributed by atoms with Crippen molar-refractivity contribution < 1.29 is 0 Å². The molecule has 1 saturated heterocycles. The van der Waals surface area contributed by atoms with Gasteiger partial charge in [0, 0.05) is 37.6 Å². The lowest BCUT2D eigenvalue weighted by molar-refractivity contribution is 0.268. The Morgan fingerprint density at radius 3 is 2.81 bits per heavy atom. The molecule has 0 saturated carbocycles. The Hall–Kier alpha value is -1.10. The van der Waals surface area contributed by atoms with Crippen molar-refractivity contribution in [1.82, 2.24) is 9.88 Å². The zero-order chi connectivity index (χ0) is 14.7. The zero-order valence-electron chi connectivity index (χ0n) is 12.2. The second-order valence-corrected chi connectivity index (χ2v) is 6.79. The van der Waals surface area contributed by atoms with Gasteiger partial charge < -0.3 is 4.90 Å². The fourth-order valence-electron chi connectivity index (χ4n) is 2.90. The van der Waals surface area contributed by atoms with Crippen LogP contribution in [0.3, 0.4) is 0 Å². The molecule has 2 aromatic rings. The molecule has 5 heteroatoms. The Balaban J connectivity index is 1.67. The van der Waals surface area contributed by atoms with E-state index in [1.165, 1.54) is 5.56 Å². The molecule has 1 unspecified atom stereocenters. The van der Waals surface area contributed by atoms with Crippen molar-refractivity contribution >= 4 is 28.1 Å². The first-order chi connectivity index (χ1) is 10.2. The van der Waals surface area contributed by atoms with E-state index in [9.17, 15) is 0 Å². The van der Waals surface area contributed by atoms with Crippen LogP contribution in [0.5, 0.6) is 0 Å². The fraction of sp³-hybridized carbons (Fsp3) is 0.438. The van der Waals surface area contributed by atoms with Crippen molar-refractivity contribution in [2.45, 2.75) is 25.9 Å². The third-order valence-corrected chi connectivity index (χ3v) is 5.09. The fourth-order valence-corrected chi connectivity index (χ4v) is 3.97. The Bertz CT molecular complexity index is 572. The molecule has 1 atom stereocenters. The molecular formula is C16H20ClN3S. The summed E-state index contributed by atoms with van der Waals surface area (Å²) < 4.78 is 0. The number of aromatic nitrogens is 1. The molecule has 0 radical (unpaired) electrons. The quantitative estimate of drug-likeness (QED) is 0.854. The van der Waals surface area contributed by atoms with Gasteiger partial charge in [0.2, 0.25) is 0 Å². The number of rotatable bonds is 3. The van der Waals surface area contributed by atoms with Gasteiger partial charge in [0.1, 0.15) is 5.15 Å². The maximum atomic E-state index is 5.97. The van der Waals surface area contributed by atoms with Gasteiger partial charge in [-0.3, -0.25) is 4.90 Å². The van der Waals surface area contributed by atoms with Gasteiger partial charge in [0.05, 0.1) is 0 Å². The number of halogens is 1. The van der Waals surface area contributed by atoms with E-state index in [0.29, 0.717) is 11.2 Å². The molecule has 2 heterocycles. The molecule has 1 aliphatic rings. The number of hydrogen-bond donors (Lipinski definition) is 0. The maximum absolute atomic E-state index is 5.97. The minimum absolute atomic E-state index is 0.457. The molecule has 1 fully saturated rings. The van der Waals surface area contributed by atoms with Gasteiger partial charge in [0.25, 0.3) is 0 Å². The van der Waals surface area contributed by atoms with Crippen LogP contribution in [0, 0.1) is 0 Å². The van der Waals surface area contributed by atoms with E-state index in [4.69, 9.17) is 11.6 Å². The lowest BCUT2D eigenvalue weighted by Crippen LogP contribution is -2.38. The van der Waals surface area contributed by atoms with Crippen molar-refractivity contribution in [3.05, 3.63) is 46.4 Å². The minimum atomic E-state index is 0.457. The van der Waals surface area contributed by atoms with Crippen molar-refractivity contribution in [1.29, 1.82) is 0 Å². The molecule has 1 aromatic heterocycles. The first-order valence-electron chi connectivity index (χ1n) is 7.36. The van der Waals surface area contributed by atoms with E-state index in [2.05, 4.69) is 52.0 Å². The SMILES string of the molecule is CC1CN(Cc2ccccc2)CCCN1c1nc(Cl)cs1. The van der Waals surface area contributed by atoms with E-state index in [0.717, 1.165) is 37.7 Å².